The van der Waals surface area contributed by atoms with Crippen LogP contribution in [0.15, 0.2) is 30.5 Å². The molecule has 1 unspecified atom stereocenters. The minimum atomic E-state index is -0.407. The van der Waals surface area contributed by atoms with E-state index < -0.39 is 5.82 Å². The maximum absolute atomic E-state index is 13.2. The highest BCUT2D eigenvalue weighted by Gasteiger charge is 2.11. The minimum absolute atomic E-state index is 0.0349. The van der Waals surface area contributed by atoms with Gasteiger partial charge in [-0.3, -0.25) is 10.1 Å². The highest BCUT2D eigenvalue weighted by Crippen LogP contribution is 2.22. The van der Waals surface area contributed by atoms with E-state index in [1.807, 2.05) is 6.92 Å². The van der Waals surface area contributed by atoms with Crippen molar-refractivity contribution in [3.05, 3.63) is 47.0 Å². The molecule has 158 valence electrons. The molecule has 0 saturated carbocycles. The molecular formula is C19H22FN7O2S. The van der Waals surface area contributed by atoms with Gasteiger partial charge < -0.3 is 15.4 Å². The van der Waals surface area contributed by atoms with Gasteiger partial charge in [0.25, 0.3) is 0 Å². The minimum Gasteiger partial charge on any atom is -0.383 e. The summed E-state index contributed by atoms with van der Waals surface area (Å²) in [5.74, 6) is 0.659. The molecule has 3 rings (SSSR count). The van der Waals surface area contributed by atoms with E-state index >= 15 is 0 Å². The molecule has 9 nitrogen and oxygen atoms in total. The van der Waals surface area contributed by atoms with Crippen LogP contribution in [0.2, 0.25) is 0 Å². The Morgan fingerprint density at radius 2 is 2.07 bits per heavy atom. The van der Waals surface area contributed by atoms with Gasteiger partial charge in [0.05, 0.1) is 13.0 Å². The summed E-state index contributed by atoms with van der Waals surface area (Å²) in [4.78, 5) is 30.0. The number of carbonyl (C=O) groups is 1. The lowest BCUT2D eigenvalue weighted by Gasteiger charge is -2.13. The van der Waals surface area contributed by atoms with E-state index in [4.69, 9.17) is 4.74 Å². The summed E-state index contributed by atoms with van der Waals surface area (Å²) in [7, 11) is 1.63. The van der Waals surface area contributed by atoms with Crippen molar-refractivity contribution in [2.75, 3.05) is 29.7 Å². The van der Waals surface area contributed by atoms with Crippen LogP contribution in [-0.2, 0) is 16.0 Å². The first-order valence-electron chi connectivity index (χ1n) is 9.16. The van der Waals surface area contributed by atoms with Crippen molar-refractivity contribution in [3.8, 4) is 0 Å². The molecule has 0 spiro atoms. The van der Waals surface area contributed by atoms with Crippen molar-refractivity contribution < 1.29 is 13.9 Å². The number of nitrogens with zero attached hydrogens (tertiary/aromatic N) is 4. The number of hydrogen-bond acceptors (Lipinski definition) is 9. The number of methoxy groups -OCH3 is 1. The predicted molar refractivity (Wildman–Crippen MR) is 114 cm³/mol. The zero-order valence-corrected chi connectivity index (χ0v) is 17.6. The first kappa shape index (κ1) is 21.5. The maximum atomic E-state index is 13.2. The van der Waals surface area contributed by atoms with Crippen LogP contribution in [0, 0.1) is 12.7 Å². The van der Waals surface area contributed by atoms with Crippen LogP contribution in [0.1, 0.15) is 17.6 Å². The summed E-state index contributed by atoms with van der Waals surface area (Å²) < 4.78 is 18.3. The van der Waals surface area contributed by atoms with Crippen LogP contribution >= 0.6 is 11.3 Å². The van der Waals surface area contributed by atoms with Crippen molar-refractivity contribution in [3.63, 3.8) is 0 Å². The molecule has 1 aromatic carbocycles. The number of halogens is 1. The third kappa shape index (κ3) is 6.42. The second-order valence-corrected chi connectivity index (χ2v) is 7.64. The number of aryl methyl sites for hydroxylation is 1. The van der Waals surface area contributed by atoms with Crippen molar-refractivity contribution in [2.45, 2.75) is 26.3 Å². The molecule has 0 bridgehead atoms. The van der Waals surface area contributed by atoms with Gasteiger partial charge >= 0.3 is 0 Å². The molecule has 0 aliphatic carbocycles. The zero-order valence-electron chi connectivity index (χ0n) is 16.8. The molecule has 0 fully saturated rings. The number of hydrogen-bond donors (Lipinski definition) is 3. The van der Waals surface area contributed by atoms with Crippen molar-refractivity contribution in [1.82, 2.24) is 19.9 Å². The third-order valence-corrected chi connectivity index (χ3v) is 4.67. The Hall–Kier alpha value is -3.18. The van der Waals surface area contributed by atoms with Gasteiger partial charge in [0.1, 0.15) is 11.6 Å². The topological polar surface area (TPSA) is 114 Å². The van der Waals surface area contributed by atoms with Crippen LogP contribution in [0.5, 0.6) is 0 Å². The quantitative estimate of drug-likeness (QED) is 0.473. The molecule has 0 saturated heterocycles. The summed E-state index contributed by atoms with van der Waals surface area (Å²) in [6, 6.07) is 5.78. The molecule has 0 aliphatic heterocycles. The van der Waals surface area contributed by atoms with Gasteiger partial charge in [-0.25, -0.2) is 9.37 Å². The number of thiazole rings is 1. The lowest BCUT2D eigenvalue weighted by Crippen LogP contribution is -2.22. The average Bonchev–Trinajstić information content (AvgIpc) is 3.07. The number of anilines is 4. The predicted octanol–water partition coefficient (Wildman–Crippen LogP) is 3.15. The zero-order chi connectivity index (χ0) is 21.5. The molecular weight excluding hydrogens is 409 g/mol. The standard InChI is InChI=1S/C19H22FN7O2S/c1-11(10-29-3)22-17-23-12(2)24-18(26-17)27-19-21-9-15(30-19)8-16(28)25-14-6-4-5-13(20)7-14/h4-7,9,11H,8,10H2,1-3H3,(H,25,28)(H2,21,22,23,24,26,27). The molecule has 0 radical (unpaired) electrons. The Kier molecular flexibility index (Phi) is 7.20. The van der Waals surface area contributed by atoms with Gasteiger partial charge in [0, 0.05) is 29.9 Å². The van der Waals surface area contributed by atoms with Crippen molar-refractivity contribution in [2.24, 2.45) is 0 Å². The summed E-state index contributed by atoms with van der Waals surface area (Å²) in [5.41, 5.74) is 0.409. The smallest absolute Gasteiger partial charge is 0.234 e. The van der Waals surface area contributed by atoms with E-state index in [9.17, 15) is 9.18 Å². The van der Waals surface area contributed by atoms with E-state index in [-0.39, 0.29) is 18.4 Å². The molecule has 0 aliphatic rings. The molecule has 2 aromatic heterocycles. The number of nitrogens with one attached hydrogen (secondary N) is 3. The molecule has 11 heteroatoms. The fourth-order valence-electron chi connectivity index (χ4n) is 2.59. The molecule has 1 amide bonds. The molecule has 3 aromatic rings. The largest absolute Gasteiger partial charge is 0.383 e. The Bertz CT molecular complexity index is 1010. The first-order valence-corrected chi connectivity index (χ1v) is 9.98. The van der Waals surface area contributed by atoms with E-state index in [2.05, 4.69) is 35.9 Å². The van der Waals surface area contributed by atoms with Crippen molar-refractivity contribution in [1.29, 1.82) is 0 Å². The molecule has 2 heterocycles. The number of benzene rings is 1. The Labute approximate surface area is 177 Å². The number of aromatic nitrogens is 4. The second kappa shape index (κ2) is 10.0. The van der Waals surface area contributed by atoms with E-state index in [0.29, 0.717) is 35.1 Å². The monoisotopic (exact) mass is 431 g/mol. The Balaban J connectivity index is 1.61. The van der Waals surface area contributed by atoms with Gasteiger partial charge in [-0.05, 0) is 32.0 Å². The van der Waals surface area contributed by atoms with Crippen LogP contribution < -0.4 is 16.0 Å². The summed E-state index contributed by atoms with van der Waals surface area (Å²) in [6.45, 7) is 4.24. The highest BCUT2D eigenvalue weighted by molar-refractivity contribution is 7.15. The van der Waals surface area contributed by atoms with Crippen LogP contribution in [0.4, 0.5) is 27.1 Å². The lowest BCUT2D eigenvalue weighted by atomic mass is 10.3. The van der Waals surface area contributed by atoms with E-state index in [1.165, 1.54) is 29.5 Å². The first-order chi connectivity index (χ1) is 14.4. The molecule has 3 N–H and O–H groups in total. The fourth-order valence-corrected chi connectivity index (χ4v) is 3.39. The summed E-state index contributed by atoms with van der Waals surface area (Å²) >= 11 is 1.31. The van der Waals surface area contributed by atoms with E-state index in [1.54, 1.807) is 26.3 Å². The van der Waals surface area contributed by atoms with Gasteiger partial charge in [0.2, 0.25) is 17.8 Å². The maximum Gasteiger partial charge on any atom is 0.234 e. The van der Waals surface area contributed by atoms with Gasteiger partial charge in [-0.1, -0.05) is 6.07 Å². The lowest BCUT2D eigenvalue weighted by molar-refractivity contribution is -0.115. The molecule has 1 atom stereocenters. The van der Waals surface area contributed by atoms with Gasteiger partial charge in [-0.2, -0.15) is 15.0 Å². The van der Waals surface area contributed by atoms with Gasteiger partial charge in [-0.15, -0.1) is 11.3 Å². The van der Waals surface area contributed by atoms with Gasteiger partial charge in [0.15, 0.2) is 5.13 Å². The normalized spacial score (nSPS) is 11.7. The SMILES string of the molecule is COCC(C)Nc1nc(C)nc(Nc2ncc(CC(=O)Nc3cccc(F)c3)s2)n1. The number of rotatable bonds is 9. The summed E-state index contributed by atoms with van der Waals surface area (Å²) in [6.07, 6.45) is 1.72. The van der Waals surface area contributed by atoms with Crippen LogP contribution in [-0.4, -0.2) is 45.6 Å². The Morgan fingerprint density at radius 1 is 1.27 bits per heavy atom. The number of ether oxygens (including phenoxy) is 1. The number of amides is 1. The number of carbonyl (C=O) groups excluding carboxylic acids is 1. The third-order valence-electron chi connectivity index (χ3n) is 3.75. The second-order valence-electron chi connectivity index (χ2n) is 6.52. The highest BCUT2D eigenvalue weighted by atomic mass is 32.1. The average molecular weight is 431 g/mol. The van der Waals surface area contributed by atoms with Crippen LogP contribution in [0.3, 0.4) is 0 Å². The van der Waals surface area contributed by atoms with Crippen LogP contribution in [0.25, 0.3) is 0 Å². The Morgan fingerprint density at radius 3 is 2.83 bits per heavy atom. The van der Waals surface area contributed by atoms with E-state index in [0.717, 1.165) is 4.88 Å². The molecule has 30 heavy (non-hydrogen) atoms. The fraction of sp³-hybridized carbons (Fsp3) is 0.316. The summed E-state index contributed by atoms with van der Waals surface area (Å²) in [5, 5.41) is 9.39. The van der Waals surface area contributed by atoms with Crippen molar-refractivity contribution >= 4 is 40.0 Å².